The van der Waals surface area contributed by atoms with Crippen LogP contribution in [0.1, 0.15) is 11.1 Å². The first-order valence-electron chi connectivity index (χ1n) is 7.77. The molecule has 0 spiro atoms. The summed E-state index contributed by atoms with van der Waals surface area (Å²) in [6, 6.07) is 10.4. The summed E-state index contributed by atoms with van der Waals surface area (Å²) in [4.78, 5) is 13.6. The topological polar surface area (TPSA) is 44.3 Å². The molecule has 0 atom stereocenters. The van der Waals surface area contributed by atoms with Gasteiger partial charge < -0.3 is 15.1 Å². The molecule has 5 heteroatoms. The minimum absolute atomic E-state index is 0.694. The van der Waals surface area contributed by atoms with Crippen molar-refractivity contribution in [3.05, 3.63) is 47.7 Å². The quantitative estimate of drug-likeness (QED) is 0.937. The second-order valence-electron chi connectivity index (χ2n) is 5.81. The first-order valence-corrected chi connectivity index (χ1v) is 7.77. The number of piperazine rings is 1. The molecular formula is C17H23N5. The number of hydrogen-bond donors (Lipinski definition) is 1. The Bertz CT molecular complexity index is 620. The van der Waals surface area contributed by atoms with Crippen LogP contribution in [0.2, 0.25) is 0 Å². The lowest BCUT2D eigenvalue weighted by Crippen LogP contribution is -2.44. The van der Waals surface area contributed by atoms with Crippen molar-refractivity contribution in [1.29, 1.82) is 0 Å². The normalized spacial score (nSPS) is 15.8. The Labute approximate surface area is 132 Å². The first-order chi connectivity index (χ1) is 10.7. The van der Waals surface area contributed by atoms with E-state index < -0.39 is 0 Å². The fourth-order valence-electron chi connectivity index (χ4n) is 2.63. The van der Waals surface area contributed by atoms with Crippen molar-refractivity contribution in [2.45, 2.75) is 13.5 Å². The summed E-state index contributed by atoms with van der Waals surface area (Å²) in [7, 11) is 2.16. The molecule has 2 aromatic rings. The Morgan fingerprint density at radius 1 is 1.09 bits per heavy atom. The van der Waals surface area contributed by atoms with Crippen molar-refractivity contribution >= 4 is 11.8 Å². The van der Waals surface area contributed by atoms with Gasteiger partial charge in [-0.3, -0.25) is 0 Å². The minimum Gasteiger partial charge on any atom is -0.354 e. The van der Waals surface area contributed by atoms with Gasteiger partial charge in [0.2, 0.25) is 5.95 Å². The van der Waals surface area contributed by atoms with Crippen LogP contribution in [-0.2, 0) is 6.54 Å². The highest BCUT2D eigenvalue weighted by Gasteiger charge is 2.15. The fourth-order valence-corrected chi connectivity index (χ4v) is 2.63. The van der Waals surface area contributed by atoms with E-state index in [1.54, 1.807) is 0 Å². The number of aryl methyl sites for hydroxylation is 1. The van der Waals surface area contributed by atoms with Crippen molar-refractivity contribution in [1.82, 2.24) is 14.9 Å². The Kier molecular flexibility index (Phi) is 4.53. The number of aromatic nitrogens is 2. The van der Waals surface area contributed by atoms with Crippen molar-refractivity contribution < 1.29 is 0 Å². The van der Waals surface area contributed by atoms with Crippen LogP contribution in [0.3, 0.4) is 0 Å². The highest BCUT2D eigenvalue weighted by Crippen LogP contribution is 2.15. The van der Waals surface area contributed by atoms with E-state index in [0.717, 1.165) is 38.5 Å². The predicted octanol–water partition coefficient (Wildman–Crippen LogP) is 2.15. The van der Waals surface area contributed by atoms with Gasteiger partial charge in [-0.15, -0.1) is 0 Å². The van der Waals surface area contributed by atoms with Crippen LogP contribution in [-0.4, -0.2) is 48.1 Å². The first kappa shape index (κ1) is 14.8. The number of benzene rings is 1. The van der Waals surface area contributed by atoms with Gasteiger partial charge in [0.05, 0.1) is 0 Å². The number of likely N-dealkylation sites (N-methyl/N-ethyl adjacent to an activating group) is 1. The van der Waals surface area contributed by atoms with E-state index in [2.05, 4.69) is 63.3 Å². The molecule has 1 aromatic heterocycles. The van der Waals surface area contributed by atoms with E-state index in [1.807, 2.05) is 12.3 Å². The third-order valence-corrected chi connectivity index (χ3v) is 4.17. The maximum Gasteiger partial charge on any atom is 0.224 e. The summed E-state index contributed by atoms with van der Waals surface area (Å²) < 4.78 is 0. The van der Waals surface area contributed by atoms with Gasteiger partial charge >= 0.3 is 0 Å². The average Bonchev–Trinajstić information content (AvgIpc) is 2.55. The molecule has 1 aliphatic heterocycles. The summed E-state index contributed by atoms with van der Waals surface area (Å²) in [5.41, 5.74) is 2.56. The van der Waals surface area contributed by atoms with Crippen LogP contribution in [0.15, 0.2) is 36.5 Å². The summed E-state index contributed by atoms with van der Waals surface area (Å²) in [6.45, 7) is 7.07. The summed E-state index contributed by atoms with van der Waals surface area (Å²) in [5.74, 6) is 1.70. The second kappa shape index (κ2) is 6.75. The molecule has 2 heterocycles. The Balaban J connectivity index is 1.65. The smallest absolute Gasteiger partial charge is 0.224 e. The molecule has 1 aliphatic rings. The van der Waals surface area contributed by atoms with E-state index in [4.69, 9.17) is 0 Å². The van der Waals surface area contributed by atoms with Crippen molar-refractivity contribution in [3.8, 4) is 0 Å². The largest absolute Gasteiger partial charge is 0.354 e. The van der Waals surface area contributed by atoms with E-state index in [9.17, 15) is 0 Å². The molecule has 0 amide bonds. The van der Waals surface area contributed by atoms with Gasteiger partial charge in [0.25, 0.3) is 0 Å². The number of nitrogens with zero attached hydrogens (tertiary/aromatic N) is 4. The zero-order valence-electron chi connectivity index (χ0n) is 13.3. The Morgan fingerprint density at radius 3 is 2.64 bits per heavy atom. The van der Waals surface area contributed by atoms with Gasteiger partial charge in [0.1, 0.15) is 5.82 Å². The molecule has 0 unspecified atom stereocenters. The van der Waals surface area contributed by atoms with Crippen molar-refractivity contribution in [3.63, 3.8) is 0 Å². The Hall–Kier alpha value is -2.14. The minimum atomic E-state index is 0.694. The maximum absolute atomic E-state index is 4.65. The van der Waals surface area contributed by atoms with Crippen LogP contribution in [0.25, 0.3) is 0 Å². The zero-order valence-corrected chi connectivity index (χ0v) is 13.3. The fraction of sp³-hybridized carbons (Fsp3) is 0.412. The van der Waals surface area contributed by atoms with Crippen molar-refractivity contribution in [2.24, 2.45) is 0 Å². The van der Waals surface area contributed by atoms with Gasteiger partial charge in [-0.25, -0.2) is 4.98 Å². The van der Waals surface area contributed by atoms with Gasteiger partial charge in [-0.05, 0) is 31.2 Å². The van der Waals surface area contributed by atoms with Gasteiger partial charge in [-0.1, -0.05) is 24.3 Å². The van der Waals surface area contributed by atoms with Gasteiger partial charge in [0.15, 0.2) is 0 Å². The molecule has 0 radical (unpaired) electrons. The second-order valence-corrected chi connectivity index (χ2v) is 5.81. The van der Waals surface area contributed by atoms with E-state index >= 15 is 0 Å². The molecule has 5 nitrogen and oxygen atoms in total. The summed E-state index contributed by atoms with van der Waals surface area (Å²) in [5, 5.41) is 3.33. The van der Waals surface area contributed by atoms with E-state index in [-0.39, 0.29) is 0 Å². The Morgan fingerprint density at radius 2 is 1.86 bits per heavy atom. The molecular weight excluding hydrogens is 274 g/mol. The summed E-state index contributed by atoms with van der Waals surface area (Å²) in [6.07, 6.45) is 1.83. The lowest BCUT2D eigenvalue weighted by molar-refractivity contribution is 0.312. The molecule has 0 bridgehead atoms. The van der Waals surface area contributed by atoms with E-state index in [0.29, 0.717) is 5.95 Å². The molecule has 3 rings (SSSR count). The van der Waals surface area contributed by atoms with Crippen LogP contribution < -0.4 is 10.2 Å². The molecule has 0 saturated carbocycles. The third kappa shape index (κ3) is 3.54. The van der Waals surface area contributed by atoms with E-state index in [1.165, 1.54) is 11.1 Å². The van der Waals surface area contributed by atoms with Crippen LogP contribution >= 0.6 is 0 Å². The number of anilines is 2. The maximum atomic E-state index is 4.65. The molecule has 1 saturated heterocycles. The molecule has 1 aromatic carbocycles. The molecule has 1 N–H and O–H groups in total. The number of rotatable bonds is 4. The van der Waals surface area contributed by atoms with Crippen LogP contribution in [0.5, 0.6) is 0 Å². The van der Waals surface area contributed by atoms with Gasteiger partial charge in [-0.2, -0.15) is 4.98 Å². The number of hydrogen-bond acceptors (Lipinski definition) is 5. The average molecular weight is 297 g/mol. The molecule has 0 aliphatic carbocycles. The zero-order chi connectivity index (χ0) is 15.4. The molecule has 116 valence electrons. The third-order valence-electron chi connectivity index (χ3n) is 4.17. The van der Waals surface area contributed by atoms with Crippen LogP contribution in [0.4, 0.5) is 11.8 Å². The summed E-state index contributed by atoms with van der Waals surface area (Å²) >= 11 is 0. The SMILES string of the molecule is Cc1ccccc1CNc1nccc(N2CCN(C)CC2)n1. The van der Waals surface area contributed by atoms with Crippen LogP contribution in [0, 0.1) is 6.92 Å². The number of nitrogens with one attached hydrogen (secondary N) is 1. The highest BCUT2D eigenvalue weighted by atomic mass is 15.3. The predicted molar refractivity (Wildman–Crippen MR) is 90.2 cm³/mol. The monoisotopic (exact) mass is 297 g/mol. The van der Waals surface area contributed by atoms with Crippen molar-refractivity contribution in [2.75, 3.05) is 43.4 Å². The lowest BCUT2D eigenvalue weighted by atomic mass is 10.1. The highest BCUT2D eigenvalue weighted by molar-refractivity contribution is 5.43. The molecule has 1 fully saturated rings. The standard InChI is InChI=1S/C17H23N5/c1-14-5-3-4-6-15(14)13-19-17-18-8-7-16(20-17)22-11-9-21(2)10-12-22/h3-8H,9-13H2,1-2H3,(H,18,19,20). The lowest BCUT2D eigenvalue weighted by Gasteiger charge is -2.33. The van der Waals surface area contributed by atoms with Gasteiger partial charge in [0, 0.05) is 38.9 Å². The molecule has 22 heavy (non-hydrogen) atoms.